The van der Waals surface area contributed by atoms with E-state index in [4.69, 9.17) is 4.74 Å². The highest BCUT2D eigenvalue weighted by atomic mass is 32.2. The number of hydrogen-bond acceptors (Lipinski definition) is 7. The van der Waals surface area contributed by atoms with Gasteiger partial charge in [0.15, 0.2) is 11.0 Å². The molecule has 0 atom stereocenters. The molecule has 32 heavy (non-hydrogen) atoms. The summed E-state index contributed by atoms with van der Waals surface area (Å²) in [6.45, 7) is 0. The maximum Gasteiger partial charge on any atom is 0.325 e. The van der Waals surface area contributed by atoms with E-state index in [0.29, 0.717) is 16.7 Å². The molecule has 0 aliphatic heterocycles. The molecule has 0 bridgehead atoms. The van der Waals surface area contributed by atoms with Crippen LogP contribution in [0.15, 0.2) is 77.3 Å². The summed E-state index contributed by atoms with van der Waals surface area (Å²) >= 11 is 2.75. The van der Waals surface area contributed by atoms with Crippen LogP contribution in [0, 0.1) is 0 Å². The van der Waals surface area contributed by atoms with Gasteiger partial charge in [0.05, 0.1) is 23.4 Å². The molecule has 4 rings (SSSR count). The van der Waals surface area contributed by atoms with Crippen LogP contribution in [0.4, 0.5) is 10.5 Å². The summed E-state index contributed by atoms with van der Waals surface area (Å²) in [7, 11) is 1.61. The van der Waals surface area contributed by atoms with Crippen molar-refractivity contribution in [3.05, 3.63) is 72.1 Å². The fourth-order valence-corrected chi connectivity index (χ4v) is 4.32. The molecule has 2 heterocycles. The largest absolute Gasteiger partial charge is 0.497 e. The molecular formula is C22H19N5O3S2. The summed E-state index contributed by atoms with van der Waals surface area (Å²) < 4.78 is 7.13. The van der Waals surface area contributed by atoms with Gasteiger partial charge in [0.2, 0.25) is 5.91 Å². The van der Waals surface area contributed by atoms with Gasteiger partial charge in [-0.3, -0.25) is 14.7 Å². The smallest absolute Gasteiger partial charge is 0.325 e. The molecule has 8 nitrogen and oxygen atoms in total. The molecule has 0 aliphatic carbocycles. The van der Waals surface area contributed by atoms with Gasteiger partial charge in [-0.2, -0.15) is 0 Å². The number of benzene rings is 2. The lowest BCUT2D eigenvalue weighted by Gasteiger charge is -2.10. The van der Waals surface area contributed by atoms with Gasteiger partial charge in [-0.25, -0.2) is 4.79 Å². The number of methoxy groups -OCH3 is 1. The van der Waals surface area contributed by atoms with Crippen LogP contribution >= 0.6 is 23.1 Å². The molecule has 162 valence electrons. The van der Waals surface area contributed by atoms with Crippen LogP contribution in [-0.4, -0.2) is 39.6 Å². The molecule has 2 N–H and O–H groups in total. The number of hydrogen-bond donors (Lipinski definition) is 2. The summed E-state index contributed by atoms with van der Waals surface area (Å²) in [5.41, 5.74) is 1.44. The minimum atomic E-state index is -0.585. The van der Waals surface area contributed by atoms with Crippen molar-refractivity contribution in [3.8, 4) is 22.1 Å². The van der Waals surface area contributed by atoms with Crippen LogP contribution in [0.2, 0.25) is 0 Å². The Balaban J connectivity index is 1.48. The standard InChI is InChI=1S/C22H19N5O3S2/c1-30-17-11-9-16(10-12-17)27-20(18-8-5-13-31-18)25-26-22(27)32-14-19(28)24-21(29)23-15-6-3-2-4-7-15/h2-13H,14H2,1H3,(H2,23,24,28,29). The molecule has 2 aromatic heterocycles. The highest BCUT2D eigenvalue weighted by Crippen LogP contribution is 2.31. The van der Waals surface area contributed by atoms with Gasteiger partial charge in [0.25, 0.3) is 0 Å². The number of anilines is 1. The van der Waals surface area contributed by atoms with Crippen molar-refractivity contribution in [1.29, 1.82) is 0 Å². The average molecular weight is 466 g/mol. The lowest BCUT2D eigenvalue weighted by atomic mass is 10.3. The monoisotopic (exact) mass is 465 g/mol. The van der Waals surface area contributed by atoms with E-state index in [1.165, 1.54) is 11.8 Å². The van der Waals surface area contributed by atoms with Gasteiger partial charge >= 0.3 is 6.03 Å². The van der Waals surface area contributed by atoms with Crippen molar-refractivity contribution in [2.45, 2.75) is 5.16 Å². The predicted molar refractivity (Wildman–Crippen MR) is 126 cm³/mol. The number of ether oxygens (including phenoxy) is 1. The van der Waals surface area contributed by atoms with E-state index in [-0.39, 0.29) is 5.75 Å². The first kappa shape index (κ1) is 21.6. The highest BCUT2D eigenvalue weighted by molar-refractivity contribution is 7.99. The Bertz CT molecular complexity index is 1190. The first-order valence-electron chi connectivity index (χ1n) is 9.56. The molecule has 10 heteroatoms. The number of nitrogens with zero attached hydrogens (tertiary/aromatic N) is 3. The Labute approximate surface area is 192 Å². The van der Waals surface area contributed by atoms with Crippen molar-refractivity contribution >= 4 is 40.7 Å². The quantitative estimate of drug-likeness (QED) is 0.392. The van der Waals surface area contributed by atoms with Crippen LogP contribution in [0.3, 0.4) is 0 Å². The lowest BCUT2D eigenvalue weighted by molar-refractivity contribution is -0.117. The van der Waals surface area contributed by atoms with Crippen molar-refractivity contribution in [3.63, 3.8) is 0 Å². The molecule has 0 unspecified atom stereocenters. The van der Waals surface area contributed by atoms with Gasteiger partial charge in [0.1, 0.15) is 5.75 Å². The average Bonchev–Trinajstić information content (AvgIpc) is 3.48. The summed E-state index contributed by atoms with van der Waals surface area (Å²) in [6.07, 6.45) is 0. The maximum absolute atomic E-state index is 12.3. The van der Waals surface area contributed by atoms with E-state index in [2.05, 4.69) is 20.8 Å². The second kappa shape index (κ2) is 10.1. The number of amides is 3. The molecular weight excluding hydrogens is 446 g/mol. The third-order valence-electron chi connectivity index (χ3n) is 4.32. The highest BCUT2D eigenvalue weighted by Gasteiger charge is 2.18. The van der Waals surface area contributed by atoms with Crippen molar-refractivity contribution in [1.82, 2.24) is 20.1 Å². The molecule has 0 saturated carbocycles. The third-order valence-corrected chi connectivity index (χ3v) is 6.12. The maximum atomic E-state index is 12.3. The van der Waals surface area contributed by atoms with E-state index in [0.717, 1.165) is 16.3 Å². The second-order valence-electron chi connectivity index (χ2n) is 6.47. The number of carbonyl (C=O) groups excluding carboxylic acids is 2. The zero-order valence-corrected chi connectivity index (χ0v) is 18.7. The molecule has 0 spiro atoms. The summed E-state index contributed by atoms with van der Waals surface area (Å²) in [6, 6.07) is 19.7. The Morgan fingerprint density at radius 3 is 2.50 bits per heavy atom. The Morgan fingerprint density at radius 1 is 1.03 bits per heavy atom. The topological polar surface area (TPSA) is 98.1 Å². The number of carbonyl (C=O) groups is 2. The number of thiophene rings is 1. The van der Waals surface area contributed by atoms with Crippen molar-refractivity contribution in [2.75, 3.05) is 18.2 Å². The van der Waals surface area contributed by atoms with E-state index < -0.39 is 11.9 Å². The zero-order chi connectivity index (χ0) is 22.3. The molecule has 2 aromatic carbocycles. The normalized spacial score (nSPS) is 10.5. The molecule has 4 aromatic rings. The number of aromatic nitrogens is 3. The van der Waals surface area contributed by atoms with E-state index in [1.807, 2.05) is 52.4 Å². The SMILES string of the molecule is COc1ccc(-n2c(SCC(=O)NC(=O)Nc3ccccc3)nnc2-c2cccs2)cc1. The van der Waals surface area contributed by atoms with Gasteiger partial charge < -0.3 is 10.1 Å². The third kappa shape index (κ3) is 5.16. The molecule has 0 saturated heterocycles. The summed E-state index contributed by atoms with van der Waals surface area (Å²) in [4.78, 5) is 25.3. The van der Waals surface area contributed by atoms with Crippen LogP contribution in [0.1, 0.15) is 0 Å². The Hall–Kier alpha value is -3.63. The molecule has 3 amide bonds. The lowest BCUT2D eigenvalue weighted by Crippen LogP contribution is -2.35. The van der Waals surface area contributed by atoms with Crippen LogP contribution in [0.25, 0.3) is 16.4 Å². The number of imide groups is 1. The van der Waals surface area contributed by atoms with E-state index in [9.17, 15) is 9.59 Å². The number of thioether (sulfide) groups is 1. The van der Waals surface area contributed by atoms with Gasteiger partial charge in [-0.05, 0) is 47.8 Å². The first-order chi connectivity index (χ1) is 15.6. The van der Waals surface area contributed by atoms with Crippen molar-refractivity contribution < 1.29 is 14.3 Å². The fourth-order valence-electron chi connectivity index (χ4n) is 2.87. The van der Waals surface area contributed by atoms with Gasteiger partial charge in [-0.1, -0.05) is 36.0 Å². The van der Waals surface area contributed by atoms with E-state index >= 15 is 0 Å². The predicted octanol–water partition coefficient (Wildman–Crippen LogP) is 4.44. The number of urea groups is 1. The minimum Gasteiger partial charge on any atom is -0.497 e. The van der Waals surface area contributed by atoms with E-state index in [1.54, 1.807) is 42.7 Å². The molecule has 0 aliphatic rings. The Kier molecular flexibility index (Phi) is 6.83. The Morgan fingerprint density at radius 2 is 1.81 bits per heavy atom. The molecule has 0 fully saturated rings. The van der Waals surface area contributed by atoms with Crippen molar-refractivity contribution in [2.24, 2.45) is 0 Å². The number of nitrogens with one attached hydrogen (secondary N) is 2. The first-order valence-corrected chi connectivity index (χ1v) is 11.4. The fraction of sp³-hybridized carbons (Fsp3) is 0.0909. The second-order valence-corrected chi connectivity index (χ2v) is 8.36. The number of rotatable bonds is 7. The number of para-hydroxylation sites is 1. The van der Waals surface area contributed by atoms with Gasteiger partial charge in [-0.15, -0.1) is 21.5 Å². The van der Waals surface area contributed by atoms with Crippen LogP contribution < -0.4 is 15.4 Å². The molecule has 0 radical (unpaired) electrons. The van der Waals surface area contributed by atoms with Crippen LogP contribution in [0.5, 0.6) is 5.75 Å². The summed E-state index contributed by atoms with van der Waals surface area (Å²) in [5, 5.41) is 16.1. The van der Waals surface area contributed by atoms with Gasteiger partial charge in [0, 0.05) is 5.69 Å². The van der Waals surface area contributed by atoms with Crippen LogP contribution in [-0.2, 0) is 4.79 Å². The summed E-state index contributed by atoms with van der Waals surface area (Å²) in [5.74, 6) is 0.971. The minimum absolute atomic E-state index is 0.000931. The zero-order valence-electron chi connectivity index (χ0n) is 17.0.